The summed E-state index contributed by atoms with van der Waals surface area (Å²) in [6, 6.07) is 12.5. The summed E-state index contributed by atoms with van der Waals surface area (Å²) in [5.74, 6) is 1.88. The summed E-state index contributed by atoms with van der Waals surface area (Å²) in [5, 5.41) is 4.40. The maximum Gasteiger partial charge on any atom is 0.134 e. The fourth-order valence-electron chi connectivity index (χ4n) is 3.18. The summed E-state index contributed by atoms with van der Waals surface area (Å²) in [7, 11) is 0. The molecule has 1 aromatic carbocycles. The molecule has 0 atom stereocenters. The minimum atomic E-state index is 0.639. The van der Waals surface area contributed by atoms with Crippen molar-refractivity contribution in [3.05, 3.63) is 47.2 Å². The SMILES string of the molecule is Clc1cccc(-c2ccc(CNC3CCCCCCC3)o2)c1. The Balaban J connectivity index is 1.57. The Morgan fingerprint density at radius 2 is 1.77 bits per heavy atom. The molecule has 1 N–H and O–H groups in total. The van der Waals surface area contributed by atoms with Gasteiger partial charge in [-0.3, -0.25) is 0 Å². The third-order valence-corrected chi connectivity index (χ3v) is 4.68. The van der Waals surface area contributed by atoms with Crippen LogP contribution in [0.4, 0.5) is 0 Å². The first-order valence-corrected chi connectivity index (χ1v) is 8.77. The van der Waals surface area contributed by atoms with Crippen molar-refractivity contribution >= 4 is 11.6 Å². The van der Waals surface area contributed by atoms with Gasteiger partial charge in [0.1, 0.15) is 11.5 Å². The van der Waals surface area contributed by atoms with E-state index in [1.54, 1.807) is 0 Å². The molecule has 1 saturated carbocycles. The summed E-state index contributed by atoms with van der Waals surface area (Å²) in [5.41, 5.74) is 1.03. The van der Waals surface area contributed by atoms with E-state index in [0.29, 0.717) is 6.04 Å². The Morgan fingerprint density at radius 3 is 2.55 bits per heavy atom. The van der Waals surface area contributed by atoms with Crippen molar-refractivity contribution in [2.24, 2.45) is 0 Å². The van der Waals surface area contributed by atoms with Crippen LogP contribution in [0.15, 0.2) is 40.8 Å². The van der Waals surface area contributed by atoms with E-state index >= 15 is 0 Å². The Hall–Kier alpha value is -1.25. The molecule has 0 aliphatic heterocycles. The quantitative estimate of drug-likeness (QED) is 0.770. The highest BCUT2D eigenvalue weighted by Crippen LogP contribution is 2.25. The molecule has 2 nitrogen and oxygen atoms in total. The molecule has 1 fully saturated rings. The van der Waals surface area contributed by atoms with Crippen molar-refractivity contribution in [1.82, 2.24) is 5.32 Å². The molecule has 0 radical (unpaired) electrons. The molecule has 1 aromatic heterocycles. The van der Waals surface area contributed by atoms with Gasteiger partial charge in [0.2, 0.25) is 0 Å². The lowest BCUT2D eigenvalue weighted by atomic mass is 9.97. The molecule has 0 amide bonds. The number of nitrogens with one attached hydrogen (secondary N) is 1. The normalized spacial score (nSPS) is 17.1. The molecule has 2 aromatic rings. The Morgan fingerprint density at radius 1 is 1.00 bits per heavy atom. The van der Waals surface area contributed by atoms with Gasteiger partial charge >= 0.3 is 0 Å². The first kappa shape index (κ1) is 15.6. The second-order valence-electron chi connectivity index (χ2n) is 6.20. The van der Waals surface area contributed by atoms with Crippen molar-refractivity contribution in [2.75, 3.05) is 0 Å². The summed E-state index contributed by atoms with van der Waals surface area (Å²) in [6.45, 7) is 0.811. The van der Waals surface area contributed by atoms with Gasteiger partial charge in [0.05, 0.1) is 6.54 Å². The van der Waals surface area contributed by atoms with Crippen LogP contribution in [0, 0.1) is 0 Å². The molecule has 118 valence electrons. The molecule has 1 heterocycles. The van der Waals surface area contributed by atoms with Crippen LogP contribution in [-0.4, -0.2) is 6.04 Å². The van der Waals surface area contributed by atoms with Gasteiger partial charge in [0.15, 0.2) is 0 Å². The number of hydrogen-bond donors (Lipinski definition) is 1. The molecular weight excluding hydrogens is 294 g/mol. The first-order chi connectivity index (χ1) is 10.8. The Kier molecular flexibility index (Phi) is 5.58. The van der Waals surface area contributed by atoms with Gasteiger partial charge in [-0.2, -0.15) is 0 Å². The Bertz CT molecular complexity index is 585. The van der Waals surface area contributed by atoms with Crippen LogP contribution >= 0.6 is 11.6 Å². The summed E-state index contributed by atoms with van der Waals surface area (Å²) < 4.78 is 5.95. The standard InChI is InChI=1S/C19H24ClNO/c20-16-8-6-7-15(13-16)19-12-11-18(22-19)14-21-17-9-4-2-1-3-5-10-17/h6-8,11-13,17,21H,1-5,9-10,14H2. The lowest BCUT2D eigenvalue weighted by Gasteiger charge is -2.20. The van der Waals surface area contributed by atoms with Gasteiger partial charge in [-0.15, -0.1) is 0 Å². The average molecular weight is 318 g/mol. The predicted octanol–water partition coefficient (Wildman–Crippen LogP) is 5.80. The predicted molar refractivity (Wildman–Crippen MR) is 92.1 cm³/mol. The van der Waals surface area contributed by atoms with Gasteiger partial charge in [-0.05, 0) is 37.1 Å². The van der Waals surface area contributed by atoms with Gasteiger partial charge in [-0.1, -0.05) is 55.8 Å². The van der Waals surface area contributed by atoms with Crippen LogP contribution < -0.4 is 5.32 Å². The highest BCUT2D eigenvalue weighted by atomic mass is 35.5. The highest BCUT2D eigenvalue weighted by molar-refractivity contribution is 6.30. The molecular formula is C19H24ClNO. The molecule has 0 saturated heterocycles. The van der Waals surface area contributed by atoms with Gasteiger partial charge in [-0.25, -0.2) is 0 Å². The second-order valence-corrected chi connectivity index (χ2v) is 6.64. The van der Waals surface area contributed by atoms with Crippen molar-refractivity contribution in [2.45, 2.75) is 57.5 Å². The second kappa shape index (κ2) is 7.85. The molecule has 1 aliphatic rings. The van der Waals surface area contributed by atoms with E-state index in [1.165, 1.54) is 44.9 Å². The van der Waals surface area contributed by atoms with E-state index < -0.39 is 0 Å². The zero-order valence-electron chi connectivity index (χ0n) is 13.0. The smallest absolute Gasteiger partial charge is 0.134 e. The third-order valence-electron chi connectivity index (χ3n) is 4.44. The first-order valence-electron chi connectivity index (χ1n) is 8.39. The number of hydrogen-bond acceptors (Lipinski definition) is 2. The molecule has 22 heavy (non-hydrogen) atoms. The fraction of sp³-hybridized carbons (Fsp3) is 0.474. The van der Waals surface area contributed by atoms with Crippen LogP contribution in [0.1, 0.15) is 50.7 Å². The monoisotopic (exact) mass is 317 g/mol. The van der Waals surface area contributed by atoms with E-state index in [2.05, 4.69) is 11.4 Å². The lowest BCUT2D eigenvalue weighted by Crippen LogP contribution is -2.29. The van der Waals surface area contributed by atoms with Gasteiger partial charge in [0.25, 0.3) is 0 Å². The summed E-state index contributed by atoms with van der Waals surface area (Å²) >= 11 is 6.04. The maximum atomic E-state index is 6.04. The molecule has 0 bridgehead atoms. The van der Waals surface area contributed by atoms with Gasteiger partial charge < -0.3 is 9.73 Å². The minimum Gasteiger partial charge on any atom is -0.460 e. The zero-order valence-corrected chi connectivity index (χ0v) is 13.7. The van der Waals surface area contributed by atoms with Crippen LogP contribution in [0.25, 0.3) is 11.3 Å². The average Bonchev–Trinajstić information content (AvgIpc) is 2.95. The molecule has 3 rings (SSSR count). The van der Waals surface area contributed by atoms with Gasteiger partial charge in [0, 0.05) is 16.6 Å². The highest BCUT2D eigenvalue weighted by Gasteiger charge is 2.12. The largest absolute Gasteiger partial charge is 0.460 e. The van der Waals surface area contributed by atoms with E-state index in [1.807, 2.05) is 30.3 Å². The summed E-state index contributed by atoms with van der Waals surface area (Å²) in [6.07, 6.45) is 9.47. The van der Waals surface area contributed by atoms with Crippen molar-refractivity contribution in [3.8, 4) is 11.3 Å². The molecule has 1 aliphatic carbocycles. The number of benzene rings is 1. The topological polar surface area (TPSA) is 25.2 Å². The lowest BCUT2D eigenvalue weighted by molar-refractivity contribution is 0.373. The van der Waals surface area contributed by atoms with Crippen molar-refractivity contribution < 1.29 is 4.42 Å². The van der Waals surface area contributed by atoms with Crippen LogP contribution in [0.5, 0.6) is 0 Å². The number of furan rings is 1. The van der Waals surface area contributed by atoms with Crippen LogP contribution in [-0.2, 0) is 6.54 Å². The number of rotatable bonds is 4. The maximum absolute atomic E-state index is 6.04. The molecule has 3 heteroatoms. The van der Waals surface area contributed by atoms with E-state index in [4.69, 9.17) is 16.0 Å². The number of halogens is 1. The van der Waals surface area contributed by atoms with E-state index in [9.17, 15) is 0 Å². The third kappa shape index (κ3) is 4.37. The van der Waals surface area contributed by atoms with E-state index in [0.717, 1.165) is 28.7 Å². The zero-order chi connectivity index (χ0) is 15.2. The van der Waals surface area contributed by atoms with Crippen LogP contribution in [0.3, 0.4) is 0 Å². The van der Waals surface area contributed by atoms with Crippen molar-refractivity contribution in [1.29, 1.82) is 0 Å². The molecule has 0 unspecified atom stereocenters. The minimum absolute atomic E-state index is 0.639. The fourth-order valence-corrected chi connectivity index (χ4v) is 3.37. The summed E-state index contributed by atoms with van der Waals surface area (Å²) in [4.78, 5) is 0. The Labute approximate surface area is 137 Å². The van der Waals surface area contributed by atoms with Crippen molar-refractivity contribution in [3.63, 3.8) is 0 Å². The molecule has 0 spiro atoms. The van der Waals surface area contributed by atoms with Crippen LogP contribution in [0.2, 0.25) is 5.02 Å². The van der Waals surface area contributed by atoms with E-state index in [-0.39, 0.29) is 0 Å².